The Morgan fingerprint density at radius 1 is 1.21 bits per heavy atom. The number of hydrogen-bond acceptors (Lipinski definition) is 5. The Bertz CT molecular complexity index is 989. The van der Waals surface area contributed by atoms with Crippen molar-refractivity contribution in [2.24, 2.45) is 0 Å². The summed E-state index contributed by atoms with van der Waals surface area (Å²) in [5, 5.41) is 5.25. The molecule has 0 spiro atoms. The summed E-state index contributed by atoms with van der Waals surface area (Å²) < 4.78 is 11.2. The van der Waals surface area contributed by atoms with Crippen LogP contribution in [0, 0.1) is 6.92 Å². The Morgan fingerprint density at radius 3 is 2.59 bits per heavy atom. The number of likely N-dealkylation sites (N-methyl/N-ethyl adjacent to an activating group) is 1. The Kier molecular flexibility index (Phi) is 6.77. The lowest BCUT2D eigenvalue weighted by Crippen LogP contribution is -2.39. The fourth-order valence-corrected chi connectivity index (χ4v) is 2.97. The number of amides is 1. The maximum absolute atomic E-state index is 12.8. The number of carbonyl (C=O) groups excluding carboxylic acids is 1. The predicted octanol–water partition coefficient (Wildman–Crippen LogP) is 5.17. The van der Waals surface area contributed by atoms with Gasteiger partial charge in [-0.15, -0.1) is 0 Å². The lowest BCUT2D eigenvalue weighted by atomic mass is 10.2. The first kappa shape index (κ1) is 21.1. The van der Waals surface area contributed by atoms with E-state index in [9.17, 15) is 4.79 Å². The van der Waals surface area contributed by atoms with Crippen molar-refractivity contribution in [3.8, 4) is 17.1 Å². The Balaban J connectivity index is 1.65. The van der Waals surface area contributed by atoms with Crippen LogP contribution in [0.5, 0.6) is 5.75 Å². The summed E-state index contributed by atoms with van der Waals surface area (Å²) in [5.41, 5.74) is 1.67. The number of aromatic nitrogens is 2. The monoisotopic (exact) mass is 433 g/mol. The van der Waals surface area contributed by atoms with Crippen LogP contribution < -0.4 is 4.74 Å². The summed E-state index contributed by atoms with van der Waals surface area (Å²) in [6.45, 7) is 3.96. The first-order chi connectivity index (χ1) is 13.9. The number of ether oxygens (including phenoxy) is 1. The van der Waals surface area contributed by atoms with Crippen molar-refractivity contribution < 1.29 is 14.1 Å². The molecular weight excluding hydrogens is 413 g/mol. The summed E-state index contributed by atoms with van der Waals surface area (Å²) in [6, 6.07) is 12.4. The summed E-state index contributed by atoms with van der Waals surface area (Å²) >= 11 is 11.9. The van der Waals surface area contributed by atoms with E-state index in [2.05, 4.69) is 10.1 Å². The minimum atomic E-state index is -0.626. The highest BCUT2D eigenvalue weighted by Crippen LogP contribution is 2.23. The average molecular weight is 434 g/mol. The molecule has 1 heterocycles. The van der Waals surface area contributed by atoms with Gasteiger partial charge in [0.05, 0.1) is 6.54 Å². The molecule has 0 aliphatic rings. The van der Waals surface area contributed by atoms with Gasteiger partial charge in [0.2, 0.25) is 11.7 Å². The first-order valence-electron chi connectivity index (χ1n) is 9.13. The van der Waals surface area contributed by atoms with Gasteiger partial charge in [-0.05, 0) is 61.4 Å². The zero-order valence-electron chi connectivity index (χ0n) is 16.4. The molecule has 0 fully saturated rings. The van der Waals surface area contributed by atoms with Gasteiger partial charge in [-0.25, -0.2) is 0 Å². The van der Waals surface area contributed by atoms with Gasteiger partial charge >= 0.3 is 0 Å². The number of rotatable bonds is 7. The van der Waals surface area contributed by atoms with E-state index in [0.29, 0.717) is 33.9 Å². The molecule has 1 unspecified atom stereocenters. The highest BCUT2D eigenvalue weighted by Gasteiger charge is 2.24. The Labute approximate surface area is 179 Å². The third-order valence-corrected chi connectivity index (χ3v) is 5.05. The molecule has 6 nitrogen and oxygen atoms in total. The third-order valence-electron chi connectivity index (χ3n) is 4.37. The van der Waals surface area contributed by atoms with Crippen LogP contribution in [-0.2, 0) is 11.3 Å². The highest BCUT2D eigenvalue weighted by molar-refractivity contribution is 6.31. The maximum Gasteiger partial charge on any atom is 0.263 e. The van der Waals surface area contributed by atoms with Crippen molar-refractivity contribution in [3.63, 3.8) is 0 Å². The number of halogens is 2. The van der Waals surface area contributed by atoms with E-state index >= 15 is 0 Å². The van der Waals surface area contributed by atoms with Crippen LogP contribution in [0.1, 0.15) is 24.8 Å². The molecule has 8 heteroatoms. The number of benzene rings is 2. The van der Waals surface area contributed by atoms with Gasteiger partial charge in [0.1, 0.15) is 5.75 Å². The first-order valence-corrected chi connectivity index (χ1v) is 9.89. The van der Waals surface area contributed by atoms with Gasteiger partial charge in [-0.1, -0.05) is 35.3 Å². The molecule has 1 amide bonds. The Hall–Kier alpha value is -2.57. The van der Waals surface area contributed by atoms with Crippen LogP contribution in [0.3, 0.4) is 0 Å². The Morgan fingerprint density at radius 2 is 1.93 bits per heavy atom. The molecular formula is C21H21Cl2N3O3. The normalized spacial score (nSPS) is 11.9. The summed E-state index contributed by atoms with van der Waals surface area (Å²) in [6.07, 6.45) is -0.107. The minimum absolute atomic E-state index is 0.175. The predicted molar refractivity (Wildman–Crippen MR) is 112 cm³/mol. The lowest BCUT2D eigenvalue weighted by Gasteiger charge is -2.23. The van der Waals surface area contributed by atoms with E-state index in [1.165, 1.54) is 4.90 Å². The third kappa shape index (κ3) is 5.28. The molecule has 0 bridgehead atoms. The van der Waals surface area contributed by atoms with Gasteiger partial charge in [-0.3, -0.25) is 4.79 Å². The molecule has 0 aliphatic heterocycles. The average Bonchev–Trinajstić information content (AvgIpc) is 3.17. The van der Waals surface area contributed by atoms with Crippen molar-refractivity contribution >= 4 is 29.1 Å². The zero-order valence-corrected chi connectivity index (χ0v) is 17.9. The lowest BCUT2D eigenvalue weighted by molar-refractivity contribution is -0.138. The van der Waals surface area contributed by atoms with E-state index in [1.54, 1.807) is 43.4 Å². The summed E-state index contributed by atoms with van der Waals surface area (Å²) in [4.78, 5) is 18.7. The molecule has 29 heavy (non-hydrogen) atoms. The molecule has 1 aromatic heterocycles. The molecule has 3 rings (SSSR count). The van der Waals surface area contributed by atoms with Crippen LogP contribution >= 0.6 is 23.2 Å². The molecule has 0 saturated carbocycles. The fraction of sp³-hybridized carbons (Fsp3) is 0.286. The van der Waals surface area contributed by atoms with Crippen LogP contribution in [0.25, 0.3) is 11.4 Å². The standard InChI is InChI=1S/C21H21Cl2N3O3/c1-4-18(28-16-9-10-17(23)13(2)11-16)21(27)26(3)12-19-24-20(25-29-19)14-5-7-15(22)8-6-14/h5-11,18H,4,12H2,1-3H3. The van der Waals surface area contributed by atoms with E-state index < -0.39 is 6.10 Å². The summed E-state index contributed by atoms with van der Waals surface area (Å²) in [5.74, 6) is 1.20. The van der Waals surface area contributed by atoms with Crippen LogP contribution in [0.15, 0.2) is 47.0 Å². The van der Waals surface area contributed by atoms with Crippen molar-refractivity contribution in [3.05, 3.63) is 64.0 Å². The number of carbonyl (C=O) groups is 1. The van der Waals surface area contributed by atoms with Gasteiger partial charge in [0.15, 0.2) is 6.10 Å². The second kappa shape index (κ2) is 9.29. The van der Waals surface area contributed by atoms with Crippen molar-refractivity contribution in [1.29, 1.82) is 0 Å². The van der Waals surface area contributed by atoms with E-state index in [4.69, 9.17) is 32.5 Å². The summed E-state index contributed by atoms with van der Waals surface area (Å²) in [7, 11) is 1.67. The minimum Gasteiger partial charge on any atom is -0.481 e. The van der Waals surface area contributed by atoms with E-state index in [0.717, 1.165) is 11.1 Å². The topological polar surface area (TPSA) is 68.5 Å². The van der Waals surface area contributed by atoms with Crippen LogP contribution in [0.2, 0.25) is 10.0 Å². The number of aryl methyl sites for hydroxylation is 1. The van der Waals surface area contributed by atoms with Gasteiger partial charge in [0.25, 0.3) is 5.91 Å². The maximum atomic E-state index is 12.8. The fourth-order valence-electron chi connectivity index (χ4n) is 2.73. The van der Waals surface area contributed by atoms with E-state index in [-0.39, 0.29) is 12.5 Å². The molecule has 2 aromatic carbocycles. The zero-order chi connectivity index (χ0) is 21.0. The van der Waals surface area contributed by atoms with Crippen LogP contribution in [0.4, 0.5) is 0 Å². The number of nitrogens with zero attached hydrogens (tertiary/aromatic N) is 3. The molecule has 3 aromatic rings. The SMILES string of the molecule is CCC(Oc1ccc(Cl)c(C)c1)C(=O)N(C)Cc1nc(-c2ccc(Cl)cc2)no1. The van der Waals surface area contributed by atoms with Gasteiger partial charge < -0.3 is 14.2 Å². The molecule has 0 saturated heterocycles. The van der Waals surface area contributed by atoms with E-state index in [1.807, 2.05) is 19.9 Å². The molecule has 1 atom stereocenters. The quantitative estimate of drug-likeness (QED) is 0.513. The number of hydrogen-bond donors (Lipinski definition) is 0. The smallest absolute Gasteiger partial charge is 0.263 e. The highest BCUT2D eigenvalue weighted by atomic mass is 35.5. The molecule has 0 N–H and O–H groups in total. The van der Waals surface area contributed by atoms with Crippen LogP contribution in [-0.4, -0.2) is 34.1 Å². The molecule has 0 radical (unpaired) electrons. The largest absolute Gasteiger partial charge is 0.481 e. The second-order valence-corrected chi connectivity index (χ2v) is 7.48. The van der Waals surface area contributed by atoms with Crippen molar-refractivity contribution in [2.75, 3.05) is 7.05 Å². The van der Waals surface area contributed by atoms with Crippen molar-refractivity contribution in [2.45, 2.75) is 32.9 Å². The molecule has 152 valence electrons. The van der Waals surface area contributed by atoms with Gasteiger partial charge in [-0.2, -0.15) is 4.98 Å². The second-order valence-electron chi connectivity index (χ2n) is 6.64. The van der Waals surface area contributed by atoms with Crippen molar-refractivity contribution in [1.82, 2.24) is 15.0 Å². The van der Waals surface area contributed by atoms with Gasteiger partial charge in [0, 0.05) is 22.7 Å². The molecule has 0 aliphatic carbocycles.